The number of halogens is 1. The standard InChI is InChI=1S/C12H13FN2O3S/c1-7-2-3-9(8(13)4-7)14-12(18)15-6-19-5-10(15)11(16)17/h2-4,10H,5-6H2,1H3,(H,14,18)(H,16,17)/t10-/m0/s1. The van der Waals surface area contributed by atoms with E-state index in [1.165, 1.54) is 28.8 Å². The zero-order chi connectivity index (χ0) is 14.0. The van der Waals surface area contributed by atoms with Gasteiger partial charge in [0.2, 0.25) is 0 Å². The quantitative estimate of drug-likeness (QED) is 0.873. The number of carboxylic acids is 1. The van der Waals surface area contributed by atoms with Crippen LogP contribution in [0.2, 0.25) is 0 Å². The molecule has 1 saturated heterocycles. The average molecular weight is 284 g/mol. The number of carboxylic acid groups (broad SMARTS) is 1. The lowest BCUT2D eigenvalue weighted by molar-refractivity contribution is -0.140. The maximum Gasteiger partial charge on any atom is 0.327 e. The van der Waals surface area contributed by atoms with E-state index in [0.717, 1.165) is 5.56 Å². The van der Waals surface area contributed by atoms with Crippen molar-refractivity contribution in [2.24, 2.45) is 0 Å². The Balaban J connectivity index is 2.10. The summed E-state index contributed by atoms with van der Waals surface area (Å²) in [4.78, 5) is 24.1. The van der Waals surface area contributed by atoms with Crippen molar-refractivity contribution in [3.8, 4) is 0 Å². The van der Waals surface area contributed by atoms with Crippen LogP contribution in [0.5, 0.6) is 0 Å². The number of urea groups is 1. The highest BCUT2D eigenvalue weighted by Crippen LogP contribution is 2.23. The first-order valence-corrected chi connectivity index (χ1v) is 6.79. The molecule has 1 fully saturated rings. The Bertz CT molecular complexity index is 524. The van der Waals surface area contributed by atoms with Gasteiger partial charge in [-0.15, -0.1) is 11.8 Å². The molecule has 0 spiro atoms. The molecule has 0 bridgehead atoms. The predicted molar refractivity (Wildman–Crippen MR) is 70.7 cm³/mol. The lowest BCUT2D eigenvalue weighted by atomic mass is 10.2. The van der Waals surface area contributed by atoms with Gasteiger partial charge in [0.15, 0.2) is 0 Å². The van der Waals surface area contributed by atoms with Gasteiger partial charge in [0, 0.05) is 5.75 Å². The number of thioether (sulfide) groups is 1. The summed E-state index contributed by atoms with van der Waals surface area (Å²) in [5, 5.41) is 11.4. The molecule has 1 atom stereocenters. The van der Waals surface area contributed by atoms with Gasteiger partial charge in [-0.3, -0.25) is 0 Å². The first-order valence-electron chi connectivity index (χ1n) is 5.63. The topological polar surface area (TPSA) is 69.6 Å². The first-order chi connectivity index (χ1) is 8.99. The van der Waals surface area contributed by atoms with Gasteiger partial charge in [-0.1, -0.05) is 6.07 Å². The Morgan fingerprint density at radius 3 is 2.89 bits per heavy atom. The highest BCUT2D eigenvalue weighted by atomic mass is 32.2. The van der Waals surface area contributed by atoms with Crippen molar-refractivity contribution >= 4 is 29.4 Å². The third-order valence-corrected chi connectivity index (χ3v) is 3.81. The van der Waals surface area contributed by atoms with Crippen molar-refractivity contribution < 1.29 is 19.1 Å². The molecule has 2 N–H and O–H groups in total. The molecule has 1 aliphatic rings. The van der Waals surface area contributed by atoms with E-state index < -0.39 is 23.9 Å². The second-order valence-electron chi connectivity index (χ2n) is 4.24. The van der Waals surface area contributed by atoms with Crippen molar-refractivity contribution in [1.82, 2.24) is 4.90 Å². The van der Waals surface area contributed by atoms with E-state index >= 15 is 0 Å². The third-order valence-electron chi connectivity index (χ3n) is 2.79. The number of aryl methyl sites for hydroxylation is 1. The molecule has 102 valence electrons. The van der Waals surface area contributed by atoms with Gasteiger partial charge in [-0.25, -0.2) is 14.0 Å². The van der Waals surface area contributed by atoms with E-state index in [1.54, 1.807) is 13.0 Å². The Morgan fingerprint density at radius 2 is 2.26 bits per heavy atom. The van der Waals surface area contributed by atoms with E-state index in [0.29, 0.717) is 5.75 Å². The molecule has 1 aliphatic heterocycles. The van der Waals surface area contributed by atoms with E-state index in [1.807, 2.05) is 0 Å². The van der Waals surface area contributed by atoms with Crippen LogP contribution < -0.4 is 5.32 Å². The minimum atomic E-state index is -1.05. The summed E-state index contributed by atoms with van der Waals surface area (Å²) in [5.41, 5.74) is 0.798. The number of anilines is 1. The van der Waals surface area contributed by atoms with Gasteiger partial charge in [0.25, 0.3) is 0 Å². The molecule has 0 saturated carbocycles. The Labute approximate surface area is 113 Å². The lowest BCUT2D eigenvalue weighted by Crippen LogP contribution is -2.44. The number of rotatable bonds is 2. The summed E-state index contributed by atoms with van der Waals surface area (Å²) in [6.07, 6.45) is 0. The number of nitrogens with one attached hydrogen (secondary N) is 1. The van der Waals surface area contributed by atoms with Crippen molar-refractivity contribution in [3.63, 3.8) is 0 Å². The Kier molecular flexibility index (Phi) is 3.94. The average Bonchev–Trinajstić information content (AvgIpc) is 2.82. The van der Waals surface area contributed by atoms with Crippen LogP contribution in [-0.4, -0.2) is 39.7 Å². The summed E-state index contributed by atoms with van der Waals surface area (Å²) < 4.78 is 13.6. The molecule has 2 rings (SSSR count). The van der Waals surface area contributed by atoms with Crippen molar-refractivity contribution in [2.45, 2.75) is 13.0 Å². The normalized spacial score (nSPS) is 18.4. The summed E-state index contributed by atoms with van der Waals surface area (Å²) in [6.45, 7) is 1.74. The molecule has 0 aliphatic carbocycles. The van der Waals surface area contributed by atoms with Crippen LogP contribution in [-0.2, 0) is 4.79 Å². The summed E-state index contributed by atoms with van der Waals surface area (Å²) in [7, 11) is 0. The second kappa shape index (κ2) is 5.48. The maximum atomic E-state index is 13.6. The zero-order valence-corrected chi connectivity index (χ0v) is 11.0. The molecule has 0 radical (unpaired) electrons. The maximum absolute atomic E-state index is 13.6. The highest BCUT2D eigenvalue weighted by molar-refractivity contribution is 7.99. The summed E-state index contributed by atoms with van der Waals surface area (Å²) >= 11 is 1.35. The molecule has 1 aromatic rings. The number of benzene rings is 1. The van der Waals surface area contributed by atoms with Crippen LogP contribution in [0, 0.1) is 12.7 Å². The molecule has 0 aromatic heterocycles. The van der Waals surface area contributed by atoms with Gasteiger partial charge >= 0.3 is 12.0 Å². The molecule has 5 nitrogen and oxygen atoms in total. The van der Waals surface area contributed by atoms with E-state index in [4.69, 9.17) is 5.11 Å². The fourth-order valence-corrected chi connectivity index (χ4v) is 2.90. The Morgan fingerprint density at radius 1 is 1.53 bits per heavy atom. The number of carbonyl (C=O) groups is 2. The molecular formula is C12H13FN2O3S. The van der Waals surface area contributed by atoms with Gasteiger partial charge in [-0.05, 0) is 24.6 Å². The number of carbonyl (C=O) groups excluding carboxylic acids is 1. The monoisotopic (exact) mass is 284 g/mol. The number of hydrogen-bond donors (Lipinski definition) is 2. The zero-order valence-electron chi connectivity index (χ0n) is 10.2. The largest absolute Gasteiger partial charge is 0.480 e. The minimum Gasteiger partial charge on any atom is -0.480 e. The van der Waals surface area contributed by atoms with Crippen molar-refractivity contribution in [3.05, 3.63) is 29.6 Å². The second-order valence-corrected chi connectivity index (χ2v) is 5.24. The molecular weight excluding hydrogens is 271 g/mol. The number of amides is 2. The van der Waals surface area contributed by atoms with Gasteiger partial charge in [-0.2, -0.15) is 0 Å². The van der Waals surface area contributed by atoms with Crippen molar-refractivity contribution in [1.29, 1.82) is 0 Å². The molecule has 2 amide bonds. The first kappa shape index (κ1) is 13.7. The van der Waals surface area contributed by atoms with E-state index in [2.05, 4.69) is 5.32 Å². The molecule has 0 unspecified atom stereocenters. The summed E-state index contributed by atoms with van der Waals surface area (Å²) in [5.74, 6) is -0.952. The number of nitrogens with zero attached hydrogens (tertiary/aromatic N) is 1. The minimum absolute atomic E-state index is 0.0524. The number of aliphatic carboxylic acids is 1. The van der Waals surface area contributed by atoms with E-state index in [-0.39, 0.29) is 11.6 Å². The van der Waals surface area contributed by atoms with Gasteiger partial charge in [0.1, 0.15) is 11.9 Å². The Hall–Kier alpha value is -1.76. The van der Waals surface area contributed by atoms with E-state index in [9.17, 15) is 14.0 Å². The SMILES string of the molecule is Cc1ccc(NC(=O)N2CSC[C@H]2C(=O)O)c(F)c1. The fourth-order valence-electron chi connectivity index (χ4n) is 1.76. The van der Waals surface area contributed by atoms with Crippen LogP contribution in [0.1, 0.15) is 5.56 Å². The fraction of sp³-hybridized carbons (Fsp3) is 0.333. The van der Waals surface area contributed by atoms with Crippen LogP contribution in [0.25, 0.3) is 0 Å². The van der Waals surface area contributed by atoms with Crippen LogP contribution in [0.15, 0.2) is 18.2 Å². The highest BCUT2D eigenvalue weighted by Gasteiger charge is 2.34. The van der Waals surface area contributed by atoms with Crippen LogP contribution in [0.3, 0.4) is 0 Å². The molecule has 1 heterocycles. The summed E-state index contributed by atoms with van der Waals surface area (Å²) in [6, 6.07) is 2.98. The van der Waals surface area contributed by atoms with Gasteiger partial charge in [0.05, 0.1) is 11.6 Å². The molecule has 19 heavy (non-hydrogen) atoms. The third kappa shape index (κ3) is 2.98. The van der Waals surface area contributed by atoms with Crippen LogP contribution >= 0.6 is 11.8 Å². The predicted octanol–water partition coefficient (Wildman–Crippen LogP) is 2.13. The van der Waals surface area contributed by atoms with Crippen molar-refractivity contribution in [2.75, 3.05) is 16.9 Å². The smallest absolute Gasteiger partial charge is 0.327 e. The molecule has 7 heteroatoms. The van der Waals surface area contributed by atoms with Crippen LogP contribution in [0.4, 0.5) is 14.9 Å². The van der Waals surface area contributed by atoms with Gasteiger partial charge < -0.3 is 15.3 Å². The number of hydrogen-bond acceptors (Lipinski definition) is 3. The molecule has 1 aromatic carbocycles. The lowest BCUT2D eigenvalue weighted by Gasteiger charge is -2.21.